The Balaban J connectivity index is 1.54. The molecule has 0 atom stereocenters. The Hall–Kier alpha value is -0.700. The molecule has 1 aliphatic heterocycles. The maximum absolute atomic E-state index is 5.32. The van der Waals surface area contributed by atoms with Gasteiger partial charge in [0.1, 0.15) is 0 Å². The van der Waals surface area contributed by atoms with Crippen molar-refractivity contribution >= 4 is 6.01 Å². The summed E-state index contributed by atoms with van der Waals surface area (Å²) in [5, 5.41) is 0. The molecule has 0 bridgehead atoms. The van der Waals surface area contributed by atoms with Crippen LogP contribution in [0.15, 0.2) is 9.98 Å². The van der Waals surface area contributed by atoms with Gasteiger partial charge in [-0.2, -0.15) is 0 Å². The summed E-state index contributed by atoms with van der Waals surface area (Å²) in [6.07, 6.45) is 7.60. The maximum atomic E-state index is 5.32. The van der Waals surface area contributed by atoms with Crippen molar-refractivity contribution in [3.8, 4) is 0 Å². The molecule has 1 saturated carbocycles. The highest BCUT2D eigenvalue weighted by atomic mass is 16.5. The van der Waals surface area contributed by atoms with Crippen LogP contribution in [0.4, 0.5) is 0 Å². The van der Waals surface area contributed by atoms with E-state index in [1.165, 1.54) is 32.1 Å². The monoisotopic (exact) mass is 251 g/mol. The van der Waals surface area contributed by atoms with E-state index in [2.05, 4.69) is 20.9 Å². The lowest BCUT2D eigenvalue weighted by molar-refractivity contribution is 0.0377. The van der Waals surface area contributed by atoms with E-state index in [9.17, 15) is 0 Å². The van der Waals surface area contributed by atoms with Gasteiger partial charge in [-0.15, -0.1) is 0 Å². The van der Waals surface area contributed by atoms with E-state index >= 15 is 0 Å². The van der Waals surface area contributed by atoms with Crippen molar-refractivity contribution < 1.29 is 4.74 Å². The maximum Gasteiger partial charge on any atom is 0.0895 e. The first kappa shape index (κ1) is 13.7. The number of hydrogen-bond donors (Lipinski definition) is 0. The average Bonchev–Trinajstić information content (AvgIpc) is 2.45. The van der Waals surface area contributed by atoms with E-state index in [1.807, 2.05) is 0 Å². The van der Waals surface area contributed by atoms with Crippen LogP contribution in [0.2, 0.25) is 0 Å². The predicted molar refractivity (Wildman–Crippen MR) is 73.5 cm³/mol. The molecule has 2 aliphatic rings. The Morgan fingerprint density at radius 1 is 1.11 bits per heavy atom. The number of morpholine rings is 1. The quantitative estimate of drug-likeness (QED) is 0.555. The molecule has 18 heavy (non-hydrogen) atoms. The lowest BCUT2D eigenvalue weighted by atomic mass is 9.96. The van der Waals surface area contributed by atoms with Gasteiger partial charge >= 0.3 is 0 Å². The molecule has 0 aromatic rings. The summed E-state index contributed by atoms with van der Waals surface area (Å²) in [6.45, 7) is 5.88. The highest BCUT2D eigenvalue weighted by Gasteiger charge is 2.10. The van der Waals surface area contributed by atoms with Gasteiger partial charge in [0.25, 0.3) is 0 Å². The van der Waals surface area contributed by atoms with Gasteiger partial charge in [-0.05, 0) is 19.3 Å². The summed E-state index contributed by atoms with van der Waals surface area (Å²) >= 11 is 0. The summed E-state index contributed by atoms with van der Waals surface area (Å²) < 4.78 is 5.32. The van der Waals surface area contributed by atoms with Crippen LogP contribution < -0.4 is 0 Å². The minimum absolute atomic E-state index is 0.502. The predicted octanol–water partition coefficient (Wildman–Crippen LogP) is 2.22. The third-order valence-electron chi connectivity index (χ3n) is 3.73. The van der Waals surface area contributed by atoms with E-state index < -0.39 is 0 Å². The van der Waals surface area contributed by atoms with Crippen LogP contribution in [0.25, 0.3) is 0 Å². The minimum Gasteiger partial charge on any atom is -0.379 e. The summed E-state index contributed by atoms with van der Waals surface area (Å²) in [7, 11) is 0. The number of nitrogens with zero attached hydrogens (tertiary/aromatic N) is 3. The van der Waals surface area contributed by atoms with Crippen LogP contribution in [0.5, 0.6) is 0 Å². The third kappa shape index (κ3) is 5.30. The van der Waals surface area contributed by atoms with E-state index in [-0.39, 0.29) is 0 Å². The summed E-state index contributed by atoms with van der Waals surface area (Å²) in [5.74, 6) is 0. The zero-order valence-corrected chi connectivity index (χ0v) is 11.3. The second-order valence-corrected chi connectivity index (χ2v) is 5.21. The second-order valence-electron chi connectivity index (χ2n) is 5.21. The van der Waals surface area contributed by atoms with Gasteiger partial charge in [0.05, 0.1) is 31.8 Å². The molecule has 4 heteroatoms. The van der Waals surface area contributed by atoms with Gasteiger partial charge in [-0.1, -0.05) is 19.3 Å². The SMILES string of the molecule is C(=NCCCN1CCOCC1)=NC1CCCCC1. The van der Waals surface area contributed by atoms with Gasteiger partial charge in [0.2, 0.25) is 0 Å². The van der Waals surface area contributed by atoms with Crippen molar-refractivity contribution in [1.29, 1.82) is 0 Å². The molecular formula is C14H25N3O. The molecule has 0 aromatic heterocycles. The van der Waals surface area contributed by atoms with Gasteiger partial charge < -0.3 is 4.74 Å². The average molecular weight is 251 g/mol. The standard InChI is InChI=1S/C14H25N3O/c1-2-5-14(6-3-1)16-13-15-7-4-8-17-9-11-18-12-10-17/h14H,1-12H2. The van der Waals surface area contributed by atoms with Crippen molar-refractivity contribution in [3.05, 3.63) is 0 Å². The molecule has 2 rings (SSSR count). The molecule has 1 saturated heterocycles. The fourth-order valence-electron chi connectivity index (χ4n) is 2.58. The van der Waals surface area contributed by atoms with Crippen molar-refractivity contribution in [3.63, 3.8) is 0 Å². The van der Waals surface area contributed by atoms with Gasteiger partial charge in [-0.3, -0.25) is 4.90 Å². The zero-order chi connectivity index (χ0) is 12.5. The molecule has 4 nitrogen and oxygen atoms in total. The van der Waals surface area contributed by atoms with Crippen LogP contribution >= 0.6 is 0 Å². The first-order valence-electron chi connectivity index (χ1n) is 7.36. The first-order chi connectivity index (χ1) is 8.95. The van der Waals surface area contributed by atoms with Crippen molar-refractivity contribution in [2.45, 2.75) is 44.6 Å². The molecule has 1 heterocycles. The highest BCUT2D eigenvalue weighted by Crippen LogP contribution is 2.19. The number of rotatable bonds is 5. The van der Waals surface area contributed by atoms with Crippen LogP contribution in [-0.4, -0.2) is 56.3 Å². The van der Waals surface area contributed by atoms with Crippen LogP contribution in [0.1, 0.15) is 38.5 Å². The molecule has 1 aliphatic carbocycles. The molecule has 0 radical (unpaired) electrons. The third-order valence-corrected chi connectivity index (χ3v) is 3.73. The van der Waals surface area contributed by atoms with Gasteiger partial charge in [-0.25, -0.2) is 9.98 Å². The van der Waals surface area contributed by atoms with Crippen LogP contribution in [0, 0.1) is 0 Å². The molecule has 0 aromatic carbocycles. The Kier molecular flexibility index (Phi) is 6.41. The molecule has 0 spiro atoms. The second kappa shape index (κ2) is 8.41. The molecule has 0 N–H and O–H groups in total. The van der Waals surface area contributed by atoms with E-state index in [0.717, 1.165) is 45.8 Å². The van der Waals surface area contributed by atoms with Crippen LogP contribution in [-0.2, 0) is 4.74 Å². The lowest BCUT2D eigenvalue weighted by Gasteiger charge is -2.26. The van der Waals surface area contributed by atoms with Crippen LogP contribution in [0.3, 0.4) is 0 Å². The summed E-state index contributed by atoms with van der Waals surface area (Å²) in [4.78, 5) is 11.1. The molecule has 0 amide bonds. The fraction of sp³-hybridized carbons (Fsp3) is 0.929. The molecule has 0 unspecified atom stereocenters. The van der Waals surface area contributed by atoms with E-state index in [4.69, 9.17) is 4.74 Å². The van der Waals surface area contributed by atoms with E-state index in [1.54, 1.807) is 0 Å². The number of hydrogen-bond acceptors (Lipinski definition) is 4. The largest absolute Gasteiger partial charge is 0.379 e. The number of aliphatic imine (C=N–C) groups is 2. The van der Waals surface area contributed by atoms with Gasteiger partial charge in [0.15, 0.2) is 0 Å². The highest BCUT2D eigenvalue weighted by molar-refractivity contribution is 5.41. The minimum atomic E-state index is 0.502. The topological polar surface area (TPSA) is 37.2 Å². The normalized spacial score (nSPS) is 22.4. The first-order valence-corrected chi connectivity index (χ1v) is 7.36. The fourth-order valence-corrected chi connectivity index (χ4v) is 2.58. The summed E-state index contributed by atoms with van der Waals surface area (Å²) in [6, 6.07) is 3.40. The Morgan fingerprint density at radius 3 is 2.67 bits per heavy atom. The lowest BCUT2D eigenvalue weighted by Crippen LogP contribution is -2.37. The number of ether oxygens (including phenoxy) is 1. The zero-order valence-electron chi connectivity index (χ0n) is 11.3. The van der Waals surface area contributed by atoms with Crippen molar-refractivity contribution in [2.75, 3.05) is 39.4 Å². The van der Waals surface area contributed by atoms with Gasteiger partial charge in [0, 0.05) is 19.6 Å². The molecular weight excluding hydrogens is 226 g/mol. The Bertz CT molecular complexity index is 275. The summed E-state index contributed by atoms with van der Waals surface area (Å²) in [5.41, 5.74) is 0. The van der Waals surface area contributed by atoms with E-state index in [0.29, 0.717) is 6.04 Å². The molecule has 102 valence electrons. The smallest absolute Gasteiger partial charge is 0.0895 e. The van der Waals surface area contributed by atoms with Crippen molar-refractivity contribution in [1.82, 2.24) is 4.90 Å². The Morgan fingerprint density at radius 2 is 1.89 bits per heavy atom. The van der Waals surface area contributed by atoms with Crippen molar-refractivity contribution in [2.24, 2.45) is 9.98 Å². The Labute approximate surface area is 110 Å². The molecule has 2 fully saturated rings.